The van der Waals surface area contributed by atoms with Crippen molar-refractivity contribution in [3.05, 3.63) is 35.9 Å². The van der Waals surface area contributed by atoms with Gasteiger partial charge < -0.3 is 10.5 Å². The molecule has 0 aliphatic rings. The van der Waals surface area contributed by atoms with Crippen LogP contribution in [0.15, 0.2) is 30.9 Å². The molecular weight excluding hydrogens is 294 g/mol. The lowest BCUT2D eigenvalue weighted by molar-refractivity contribution is 0.416. The van der Waals surface area contributed by atoms with Crippen molar-refractivity contribution in [2.75, 3.05) is 12.8 Å². The summed E-state index contributed by atoms with van der Waals surface area (Å²) in [5.41, 5.74) is 6.35. The van der Waals surface area contributed by atoms with E-state index in [2.05, 4.69) is 25.0 Å². The van der Waals surface area contributed by atoms with Crippen molar-refractivity contribution in [1.82, 2.24) is 29.7 Å². The van der Waals surface area contributed by atoms with E-state index in [1.54, 1.807) is 25.3 Å². The Bertz CT molecular complexity index is 775. The first-order chi connectivity index (χ1) is 10.2. The highest BCUT2D eigenvalue weighted by Crippen LogP contribution is 2.30. The van der Waals surface area contributed by atoms with Gasteiger partial charge in [0.25, 0.3) is 5.95 Å². The molecular formula is C12H10ClN7O. The minimum Gasteiger partial charge on any atom is -0.496 e. The molecule has 0 saturated carbocycles. The number of benzene rings is 1. The maximum Gasteiger partial charge on any atom is 0.257 e. The van der Waals surface area contributed by atoms with E-state index in [-0.39, 0.29) is 11.9 Å². The third-order valence-corrected chi connectivity index (χ3v) is 2.90. The Morgan fingerprint density at radius 2 is 2.10 bits per heavy atom. The summed E-state index contributed by atoms with van der Waals surface area (Å²) in [7, 11) is 1.55. The lowest BCUT2D eigenvalue weighted by Gasteiger charge is -2.09. The van der Waals surface area contributed by atoms with E-state index in [9.17, 15) is 0 Å². The number of nitrogen functional groups attached to an aromatic ring is 1. The first kappa shape index (κ1) is 13.3. The average molecular weight is 304 g/mol. The first-order valence-corrected chi connectivity index (χ1v) is 6.25. The lowest BCUT2D eigenvalue weighted by Crippen LogP contribution is -2.08. The highest BCUT2D eigenvalue weighted by molar-refractivity contribution is 6.30. The smallest absolute Gasteiger partial charge is 0.257 e. The minimum atomic E-state index is 0.0625. The van der Waals surface area contributed by atoms with E-state index in [1.165, 1.54) is 17.3 Å². The Morgan fingerprint density at radius 1 is 1.24 bits per heavy atom. The second-order valence-corrected chi connectivity index (χ2v) is 4.44. The molecule has 0 atom stereocenters. The molecule has 0 aliphatic carbocycles. The molecule has 0 saturated heterocycles. The number of hydrogen-bond donors (Lipinski definition) is 1. The fourth-order valence-corrected chi connectivity index (χ4v) is 1.94. The van der Waals surface area contributed by atoms with Crippen LogP contribution in [0.1, 0.15) is 0 Å². The molecule has 1 aromatic carbocycles. The van der Waals surface area contributed by atoms with Gasteiger partial charge in [-0.05, 0) is 18.2 Å². The highest BCUT2D eigenvalue weighted by Gasteiger charge is 2.13. The van der Waals surface area contributed by atoms with Gasteiger partial charge in [0, 0.05) is 5.02 Å². The van der Waals surface area contributed by atoms with Crippen LogP contribution in [-0.4, -0.2) is 36.8 Å². The van der Waals surface area contributed by atoms with E-state index >= 15 is 0 Å². The second-order valence-electron chi connectivity index (χ2n) is 4.00. The van der Waals surface area contributed by atoms with Crippen LogP contribution in [0.25, 0.3) is 17.3 Å². The van der Waals surface area contributed by atoms with E-state index in [4.69, 9.17) is 22.1 Å². The molecule has 2 N–H and O–H groups in total. The number of aromatic nitrogens is 6. The molecule has 0 fully saturated rings. The number of hydrogen-bond acceptors (Lipinski definition) is 7. The predicted octanol–water partition coefficient (Wildman–Crippen LogP) is 1.36. The van der Waals surface area contributed by atoms with Crippen LogP contribution in [0, 0.1) is 0 Å². The molecule has 3 aromatic rings. The second kappa shape index (κ2) is 5.33. The van der Waals surface area contributed by atoms with Gasteiger partial charge in [-0.15, -0.1) is 0 Å². The minimum absolute atomic E-state index is 0.0625. The molecule has 0 aliphatic heterocycles. The fraction of sp³-hybridized carbons (Fsp3) is 0.0833. The quantitative estimate of drug-likeness (QED) is 0.779. The van der Waals surface area contributed by atoms with Crippen molar-refractivity contribution in [2.45, 2.75) is 0 Å². The van der Waals surface area contributed by atoms with Crippen LogP contribution in [0.5, 0.6) is 5.75 Å². The molecule has 21 heavy (non-hydrogen) atoms. The van der Waals surface area contributed by atoms with Crippen LogP contribution in [0.4, 0.5) is 5.95 Å². The summed E-state index contributed by atoms with van der Waals surface area (Å²) in [4.78, 5) is 16.3. The molecule has 0 spiro atoms. The maximum absolute atomic E-state index is 6.02. The van der Waals surface area contributed by atoms with Gasteiger partial charge in [-0.25, -0.2) is 4.98 Å². The fourth-order valence-electron chi connectivity index (χ4n) is 1.77. The van der Waals surface area contributed by atoms with E-state index in [0.29, 0.717) is 22.2 Å². The van der Waals surface area contributed by atoms with Crippen molar-refractivity contribution >= 4 is 17.5 Å². The Balaban J connectivity index is 2.17. The zero-order valence-electron chi connectivity index (χ0n) is 10.9. The molecule has 3 rings (SSSR count). The maximum atomic E-state index is 6.02. The SMILES string of the molecule is COc1ccc(Cl)cc1-c1nc(N)nc(-n2cncn2)n1. The standard InChI is InChI=1S/C12H10ClN7O/c1-21-9-3-2-7(13)4-8(9)10-17-11(14)19-12(18-10)20-6-15-5-16-20/h2-6H,1H3,(H2,14,17,18,19). The van der Waals surface area contributed by atoms with Crippen LogP contribution in [0.2, 0.25) is 5.02 Å². The van der Waals surface area contributed by atoms with Gasteiger partial charge in [-0.1, -0.05) is 11.6 Å². The van der Waals surface area contributed by atoms with Gasteiger partial charge in [0.05, 0.1) is 12.7 Å². The monoisotopic (exact) mass is 303 g/mol. The van der Waals surface area contributed by atoms with E-state index in [1.807, 2.05) is 0 Å². The van der Waals surface area contributed by atoms with Crippen LogP contribution < -0.4 is 10.5 Å². The molecule has 106 valence electrons. The molecule has 0 radical (unpaired) electrons. The van der Waals surface area contributed by atoms with Crippen molar-refractivity contribution in [1.29, 1.82) is 0 Å². The highest BCUT2D eigenvalue weighted by atomic mass is 35.5. The number of nitrogens with two attached hydrogens (primary N) is 1. The number of methoxy groups -OCH3 is 1. The van der Waals surface area contributed by atoms with E-state index in [0.717, 1.165) is 0 Å². The van der Waals surface area contributed by atoms with Gasteiger partial charge in [0.1, 0.15) is 18.4 Å². The Morgan fingerprint density at radius 3 is 2.81 bits per heavy atom. The largest absolute Gasteiger partial charge is 0.496 e. The molecule has 9 heteroatoms. The predicted molar refractivity (Wildman–Crippen MR) is 76.2 cm³/mol. The van der Waals surface area contributed by atoms with Crippen molar-refractivity contribution < 1.29 is 4.74 Å². The molecule has 8 nitrogen and oxygen atoms in total. The third-order valence-electron chi connectivity index (χ3n) is 2.67. The van der Waals surface area contributed by atoms with E-state index < -0.39 is 0 Å². The number of nitrogens with zero attached hydrogens (tertiary/aromatic N) is 6. The summed E-state index contributed by atoms with van der Waals surface area (Å²) in [6.07, 6.45) is 2.84. The van der Waals surface area contributed by atoms with Crippen molar-refractivity contribution in [2.24, 2.45) is 0 Å². The van der Waals surface area contributed by atoms with Gasteiger partial charge >= 0.3 is 0 Å². The average Bonchev–Trinajstić information content (AvgIpc) is 3.01. The van der Waals surface area contributed by atoms with Gasteiger partial charge in [0.2, 0.25) is 5.95 Å². The van der Waals surface area contributed by atoms with Gasteiger partial charge in [-0.3, -0.25) is 0 Å². The number of anilines is 1. The van der Waals surface area contributed by atoms with Gasteiger partial charge in [-0.2, -0.15) is 24.7 Å². The Kier molecular flexibility index (Phi) is 3.36. The molecule has 2 heterocycles. The first-order valence-electron chi connectivity index (χ1n) is 5.88. The summed E-state index contributed by atoms with van der Waals surface area (Å²) < 4.78 is 6.68. The molecule has 0 amide bonds. The number of halogens is 1. The van der Waals surface area contributed by atoms with Crippen molar-refractivity contribution in [3.8, 4) is 23.1 Å². The van der Waals surface area contributed by atoms with Crippen LogP contribution in [0.3, 0.4) is 0 Å². The molecule has 2 aromatic heterocycles. The topological polar surface area (TPSA) is 105 Å². The Labute approximate surface area is 124 Å². The summed E-state index contributed by atoms with van der Waals surface area (Å²) in [6, 6.07) is 5.14. The summed E-state index contributed by atoms with van der Waals surface area (Å²) >= 11 is 6.02. The normalized spacial score (nSPS) is 10.6. The third kappa shape index (κ3) is 2.61. The van der Waals surface area contributed by atoms with Crippen LogP contribution in [-0.2, 0) is 0 Å². The van der Waals surface area contributed by atoms with Gasteiger partial charge in [0.15, 0.2) is 5.82 Å². The Hall–Kier alpha value is -2.74. The summed E-state index contributed by atoms with van der Waals surface area (Å²) in [5, 5.41) is 4.50. The van der Waals surface area contributed by atoms with Crippen molar-refractivity contribution in [3.63, 3.8) is 0 Å². The summed E-state index contributed by atoms with van der Waals surface area (Å²) in [6.45, 7) is 0. The molecule has 0 unspecified atom stereocenters. The molecule has 0 bridgehead atoms. The zero-order valence-corrected chi connectivity index (χ0v) is 11.7. The number of ether oxygens (including phenoxy) is 1. The number of rotatable bonds is 3. The summed E-state index contributed by atoms with van der Waals surface area (Å²) in [5.74, 6) is 1.24. The zero-order chi connectivity index (χ0) is 14.8. The lowest BCUT2D eigenvalue weighted by atomic mass is 10.2. The van der Waals surface area contributed by atoms with Crippen LogP contribution >= 0.6 is 11.6 Å².